The highest BCUT2D eigenvalue weighted by atomic mass is 35.5. The van der Waals surface area contributed by atoms with E-state index in [9.17, 15) is 23.3 Å². The van der Waals surface area contributed by atoms with Crippen molar-refractivity contribution in [1.29, 1.82) is 0 Å². The Kier molecular flexibility index (Phi) is 12.8. The standard InChI is InChI=1S/C54H53ClN6O8S/c1-36-17-18-41(31-45(36)55)57-47-22-20-44(32-48(47)61(64)65)70(66,67)58-51(62)54(26-6-5-16-49(54)69-43-19-21-46-39(29-43)23-27-56-46)59-28-10-13-38(33-59)34-60-50(53(52(60)63)24-7-8-25-53)40-14-9-15-42(30-40)68-35-37-11-3-2-4-12-37/h2-6,9,11-12,14-23,26-27,29-32,38,49-50,56-57H,7-8,10,13,24-25,28,33-35H2,1H3,(H,58,62). The number of hydrogen-bond donors (Lipinski definition) is 3. The number of aromatic amines is 1. The van der Waals surface area contributed by atoms with Gasteiger partial charge in [0, 0.05) is 47.0 Å². The number of anilines is 2. The molecule has 6 aromatic rings. The van der Waals surface area contributed by atoms with Crippen molar-refractivity contribution in [1.82, 2.24) is 19.5 Å². The highest BCUT2D eigenvalue weighted by molar-refractivity contribution is 7.90. The van der Waals surface area contributed by atoms with Gasteiger partial charge in [0.2, 0.25) is 5.91 Å². The Morgan fingerprint density at radius 2 is 1.76 bits per heavy atom. The van der Waals surface area contributed by atoms with Crippen molar-refractivity contribution in [3.63, 3.8) is 0 Å². The number of nitro groups is 1. The molecule has 2 saturated heterocycles. The number of rotatable bonds is 15. The maximum absolute atomic E-state index is 15.3. The van der Waals surface area contributed by atoms with Crippen LogP contribution in [0.2, 0.25) is 5.02 Å². The van der Waals surface area contributed by atoms with Crippen molar-refractivity contribution in [3.05, 3.63) is 178 Å². The number of piperidine rings is 1. The van der Waals surface area contributed by atoms with Crippen molar-refractivity contribution in [2.45, 2.75) is 74.6 Å². The van der Waals surface area contributed by atoms with E-state index in [4.69, 9.17) is 21.1 Å². The normalized spacial score (nSPS) is 21.9. The van der Waals surface area contributed by atoms with Gasteiger partial charge < -0.3 is 24.7 Å². The molecule has 360 valence electrons. The molecule has 10 rings (SSSR count). The number of H-pyrrole nitrogens is 1. The van der Waals surface area contributed by atoms with Gasteiger partial charge in [-0.1, -0.05) is 91.2 Å². The minimum absolute atomic E-state index is 0.0325. The van der Waals surface area contributed by atoms with Gasteiger partial charge in [-0.05, 0) is 128 Å². The fourth-order valence-corrected chi connectivity index (χ4v) is 12.1. The molecular formula is C54H53ClN6O8S. The lowest BCUT2D eigenvalue weighted by atomic mass is 9.66. The van der Waals surface area contributed by atoms with E-state index in [1.807, 2.05) is 83.6 Å². The molecule has 4 aliphatic rings. The smallest absolute Gasteiger partial charge is 0.294 e. The zero-order valence-electron chi connectivity index (χ0n) is 38.6. The van der Waals surface area contributed by atoms with E-state index in [0.717, 1.165) is 71.5 Å². The molecule has 70 heavy (non-hydrogen) atoms. The first-order valence-electron chi connectivity index (χ1n) is 23.6. The molecule has 1 spiro atoms. The summed E-state index contributed by atoms with van der Waals surface area (Å²) < 4.78 is 44.1. The first kappa shape index (κ1) is 46.8. The van der Waals surface area contributed by atoms with Crippen LogP contribution in [0.5, 0.6) is 11.5 Å². The van der Waals surface area contributed by atoms with Crippen molar-refractivity contribution < 1.29 is 32.4 Å². The predicted octanol–water partition coefficient (Wildman–Crippen LogP) is 10.3. The van der Waals surface area contributed by atoms with Gasteiger partial charge in [-0.3, -0.25) is 24.6 Å². The number of nitro benzene ring substituents is 1. The van der Waals surface area contributed by atoms with E-state index < -0.39 is 48.5 Å². The third kappa shape index (κ3) is 8.93. The lowest BCUT2D eigenvalue weighted by molar-refractivity contribution is -0.384. The fraction of sp³-hybridized carbons (Fsp3) is 0.296. The Hall–Kier alpha value is -6.94. The molecule has 2 aliphatic heterocycles. The quantitative estimate of drug-likeness (QED) is 0.0510. The molecule has 3 fully saturated rings. The number of nitrogens with one attached hydrogen (secondary N) is 3. The van der Waals surface area contributed by atoms with Crippen molar-refractivity contribution in [3.8, 4) is 11.5 Å². The molecule has 0 radical (unpaired) electrons. The van der Waals surface area contributed by atoms with Gasteiger partial charge >= 0.3 is 0 Å². The largest absolute Gasteiger partial charge is 0.489 e. The van der Waals surface area contributed by atoms with Gasteiger partial charge in [0.05, 0.1) is 21.3 Å². The summed E-state index contributed by atoms with van der Waals surface area (Å²) in [6.45, 7) is 3.42. The Morgan fingerprint density at radius 3 is 2.56 bits per heavy atom. The third-order valence-electron chi connectivity index (χ3n) is 14.4. The number of amides is 2. The highest BCUT2D eigenvalue weighted by Crippen LogP contribution is 2.59. The van der Waals surface area contributed by atoms with Gasteiger partial charge in [0.25, 0.3) is 21.6 Å². The number of halogens is 1. The molecular weight excluding hydrogens is 928 g/mol. The lowest BCUT2D eigenvalue weighted by Crippen LogP contribution is -2.68. The molecule has 4 unspecified atom stereocenters. The minimum atomic E-state index is -4.73. The van der Waals surface area contributed by atoms with Crippen LogP contribution in [0.15, 0.2) is 151 Å². The molecule has 14 nitrogen and oxygen atoms in total. The summed E-state index contributed by atoms with van der Waals surface area (Å²) in [5, 5.41) is 16.7. The van der Waals surface area contributed by atoms with Crippen LogP contribution in [-0.4, -0.2) is 71.2 Å². The second kappa shape index (κ2) is 19.1. The van der Waals surface area contributed by atoms with Gasteiger partial charge in [0.15, 0.2) is 5.54 Å². The molecule has 5 aromatic carbocycles. The SMILES string of the molecule is Cc1ccc(Nc2ccc(S(=O)(=O)NC(=O)C3(N4CCCC(CN5C(=O)C6(CCCC6)C5c5cccc(OCc6ccccc6)c5)C4)C=CC=CC3Oc3ccc4[nH]ccc4c3)cc2[N+](=O)[O-])cc1Cl. The highest BCUT2D eigenvalue weighted by Gasteiger charge is 2.62. The van der Waals surface area contributed by atoms with Crippen LogP contribution >= 0.6 is 11.6 Å². The number of aryl methyl sites for hydroxylation is 1. The third-order valence-corrected chi connectivity index (χ3v) is 16.2. The molecule has 0 bridgehead atoms. The number of likely N-dealkylation sites (tertiary alicyclic amines) is 2. The Labute approximate surface area is 411 Å². The maximum atomic E-state index is 15.3. The lowest BCUT2D eigenvalue weighted by Gasteiger charge is -2.57. The molecule has 1 saturated carbocycles. The van der Waals surface area contributed by atoms with Crippen LogP contribution in [0.4, 0.5) is 17.1 Å². The van der Waals surface area contributed by atoms with Crippen molar-refractivity contribution in [2.75, 3.05) is 25.0 Å². The Morgan fingerprint density at radius 1 is 0.929 bits per heavy atom. The summed E-state index contributed by atoms with van der Waals surface area (Å²) in [6.07, 6.45) is 12.7. The van der Waals surface area contributed by atoms with Crippen LogP contribution in [0, 0.1) is 28.4 Å². The number of benzene rings is 5. The van der Waals surface area contributed by atoms with Crippen LogP contribution < -0.4 is 19.5 Å². The first-order valence-corrected chi connectivity index (χ1v) is 25.5. The van der Waals surface area contributed by atoms with Crippen LogP contribution in [0.1, 0.15) is 61.3 Å². The number of ether oxygens (including phenoxy) is 2. The Balaban J connectivity index is 0.944. The second-order valence-electron chi connectivity index (χ2n) is 18.8. The summed E-state index contributed by atoms with van der Waals surface area (Å²) in [5.41, 5.74) is 1.55. The molecule has 3 N–H and O–H groups in total. The van der Waals surface area contributed by atoms with E-state index in [1.165, 1.54) is 12.1 Å². The number of carbonyl (C=O) groups is 2. The van der Waals surface area contributed by atoms with E-state index in [2.05, 4.69) is 27.2 Å². The van der Waals surface area contributed by atoms with Crippen LogP contribution in [0.3, 0.4) is 0 Å². The van der Waals surface area contributed by atoms with E-state index >= 15 is 4.79 Å². The number of aromatic nitrogens is 1. The topological polar surface area (TPSA) is 176 Å². The first-order chi connectivity index (χ1) is 33.8. The van der Waals surface area contributed by atoms with Gasteiger partial charge in [-0.25, -0.2) is 13.1 Å². The number of nitrogens with zero attached hydrogens (tertiary/aromatic N) is 3. The summed E-state index contributed by atoms with van der Waals surface area (Å²) >= 11 is 6.31. The fourth-order valence-electron chi connectivity index (χ4n) is 10.9. The summed E-state index contributed by atoms with van der Waals surface area (Å²) in [6, 6.07) is 33.8. The van der Waals surface area contributed by atoms with Crippen LogP contribution in [-0.2, 0) is 26.2 Å². The van der Waals surface area contributed by atoms with E-state index in [-0.39, 0.29) is 23.6 Å². The average Bonchev–Trinajstić information content (AvgIpc) is 4.07. The minimum Gasteiger partial charge on any atom is -0.489 e. The summed E-state index contributed by atoms with van der Waals surface area (Å²) in [5.74, 6) is 0.344. The molecule has 2 aliphatic carbocycles. The summed E-state index contributed by atoms with van der Waals surface area (Å²) in [7, 11) is -4.73. The number of hydrogen-bond acceptors (Lipinski definition) is 10. The van der Waals surface area contributed by atoms with Crippen LogP contribution in [0.25, 0.3) is 10.9 Å². The molecule has 16 heteroatoms. The predicted molar refractivity (Wildman–Crippen MR) is 268 cm³/mol. The van der Waals surface area contributed by atoms with Crippen molar-refractivity contribution in [2.24, 2.45) is 11.3 Å². The van der Waals surface area contributed by atoms with Gasteiger partial charge in [-0.2, -0.15) is 0 Å². The molecule has 1 aromatic heterocycles. The number of allylic oxidation sites excluding steroid dienone is 2. The van der Waals surface area contributed by atoms with Gasteiger partial charge in [0.1, 0.15) is 29.9 Å². The van der Waals surface area contributed by atoms with E-state index in [0.29, 0.717) is 49.1 Å². The zero-order chi connectivity index (χ0) is 48.6. The zero-order valence-corrected chi connectivity index (χ0v) is 40.1. The molecule has 2 amide bonds. The summed E-state index contributed by atoms with van der Waals surface area (Å²) in [4.78, 5) is 48.1. The number of β-lactam (4-membered cyclic amide) rings is 1. The molecule has 3 heterocycles. The monoisotopic (exact) mass is 980 g/mol. The number of sulfonamides is 1. The maximum Gasteiger partial charge on any atom is 0.294 e. The Bertz CT molecular complexity index is 3150. The molecule has 4 atom stereocenters. The van der Waals surface area contributed by atoms with E-state index in [1.54, 1.807) is 48.6 Å². The average molecular weight is 982 g/mol. The number of fused-ring (bicyclic) bond motifs is 1. The van der Waals surface area contributed by atoms with Crippen molar-refractivity contribution >= 4 is 61.4 Å². The van der Waals surface area contributed by atoms with Gasteiger partial charge in [-0.15, -0.1) is 0 Å². The number of carbonyl (C=O) groups excluding carboxylic acids is 2. The second-order valence-corrected chi connectivity index (χ2v) is 20.9.